The molecule has 0 saturated heterocycles. The molecule has 0 unspecified atom stereocenters. The fraction of sp³-hybridized carbons (Fsp3) is 0.476. The van der Waals surface area contributed by atoms with Crippen molar-refractivity contribution in [1.29, 1.82) is 0 Å². The molecule has 1 aliphatic rings. The summed E-state index contributed by atoms with van der Waals surface area (Å²) in [7, 11) is 0. The third-order valence-corrected chi connectivity index (χ3v) is 5.93. The molecule has 3 heterocycles. The van der Waals surface area contributed by atoms with Crippen LogP contribution in [0.15, 0.2) is 36.9 Å². The van der Waals surface area contributed by atoms with E-state index >= 15 is 0 Å². The molecule has 1 N–H and O–H groups in total. The van der Waals surface area contributed by atoms with Crippen molar-refractivity contribution in [3.8, 4) is 0 Å². The maximum atomic E-state index is 13.6. The van der Waals surface area contributed by atoms with Gasteiger partial charge < -0.3 is 9.72 Å². The highest BCUT2D eigenvalue weighted by Crippen LogP contribution is 2.37. The molecule has 0 aliphatic heterocycles. The van der Waals surface area contributed by atoms with E-state index < -0.39 is 18.0 Å². The van der Waals surface area contributed by atoms with E-state index in [0.717, 1.165) is 25.7 Å². The Hall–Kier alpha value is -2.77. The van der Waals surface area contributed by atoms with Crippen LogP contribution in [0.1, 0.15) is 68.2 Å². The predicted molar refractivity (Wildman–Crippen MR) is 106 cm³/mol. The van der Waals surface area contributed by atoms with Gasteiger partial charge in [0.2, 0.25) is 0 Å². The predicted octanol–water partition coefficient (Wildman–Crippen LogP) is 5.11. The SMILES string of the molecule is CC(C)C1CCC(n2cc(NC(=O)c3ncn4ccccc34)c(C(F)F)n2)CC1. The smallest absolute Gasteiger partial charge is 0.284 e. The van der Waals surface area contributed by atoms with E-state index in [1.165, 1.54) is 12.5 Å². The Bertz CT molecular complexity index is 1000. The Morgan fingerprint density at radius 2 is 1.97 bits per heavy atom. The van der Waals surface area contributed by atoms with Gasteiger partial charge in [-0.25, -0.2) is 13.8 Å². The van der Waals surface area contributed by atoms with Gasteiger partial charge >= 0.3 is 0 Å². The van der Waals surface area contributed by atoms with Gasteiger partial charge in [-0.2, -0.15) is 5.10 Å². The first-order valence-electron chi connectivity index (χ1n) is 10.0. The number of nitrogens with one attached hydrogen (secondary N) is 1. The summed E-state index contributed by atoms with van der Waals surface area (Å²) in [6, 6.07) is 5.46. The van der Waals surface area contributed by atoms with E-state index in [1.807, 2.05) is 6.07 Å². The first-order chi connectivity index (χ1) is 13.9. The normalized spacial score (nSPS) is 19.9. The number of fused-ring (bicyclic) bond motifs is 1. The standard InChI is InChI=1S/C21H25F2N5O/c1-13(2)14-6-8-15(9-7-14)28-11-16(18(26-28)20(22)23)25-21(29)19-17-5-3-4-10-27(17)12-24-19/h3-5,10-15,20H,6-9H2,1-2H3,(H,25,29). The summed E-state index contributed by atoms with van der Waals surface area (Å²) in [5.74, 6) is 0.776. The number of rotatable bonds is 5. The first-order valence-corrected chi connectivity index (χ1v) is 10.0. The molecule has 1 aliphatic carbocycles. The van der Waals surface area contributed by atoms with Crippen molar-refractivity contribution in [3.05, 3.63) is 48.3 Å². The quantitative estimate of drug-likeness (QED) is 0.646. The van der Waals surface area contributed by atoms with Gasteiger partial charge in [0.15, 0.2) is 11.4 Å². The summed E-state index contributed by atoms with van der Waals surface area (Å²) >= 11 is 0. The first kappa shape index (κ1) is 19.5. The molecule has 3 aromatic rings. The second-order valence-electron chi connectivity index (χ2n) is 8.06. The van der Waals surface area contributed by atoms with E-state index in [4.69, 9.17) is 0 Å². The lowest BCUT2D eigenvalue weighted by Gasteiger charge is -2.30. The van der Waals surface area contributed by atoms with E-state index in [2.05, 4.69) is 29.2 Å². The number of nitrogens with zero attached hydrogens (tertiary/aromatic N) is 4. The Balaban J connectivity index is 1.55. The average Bonchev–Trinajstić information content (AvgIpc) is 3.32. The molecular weight excluding hydrogens is 376 g/mol. The number of carbonyl (C=O) groups is 1. The second kappa shape index (κ2) is 7.93. The maximum absolute atomic E-state index is 13.6. The number of anilines is 1. The molecule has 6 nitrogen and oxygen atoms in total. The van der Waals surface area contributed by atoms with Gasteiger partial charge in [0.05, 0.1) is 17.2 Å². The molecule has 8 heteroatoms. The van der Waals surface area contributed by atoms with Crippen molar-refractivity contribution in [1.82, 2.24) is 19.2 Å². The van der Waals surface area contributed by atoms with Crippen LogP contribution in [0.4, 0.5) is 14.5 Å². The van der Waals surface area contributed by atoms with Crippen molar-refractivity contribution in [3.63, 3.8) is 0 Å². The van der Waals surface area contributed by atoms with Crippen molar-refractivity contribution >= 4 is 17.1 Å². The van der Waals surface area contributed by atoms with Gasteiger partial charge in [0.25, 0.3) is 12.3 Å². The highest BCUT2D eigenvalue weighted by atomic mass is 19.3. The number of alkyl halides is 2. The molecular formula is C21H25F2N5O. The van der Waals surface area contributed by atoms with Crippen LogP contribution in [0, 0.1) is 11.8 Å². The zero-order valence-corrected chi connectivity index (χ0v) is 16.6. The average molecular weight is 401 g/mol. The van der Waals surface area contributed by atoms with Gasteiger partial charge in [-0.1, -0.05) is 19.9 Å². The van der Waals surface area contributed by atoms with Crippen molar-refractivity contribution in [2.24, 2.45) is 11.8 Å². The van der Waals surface area contributed by atoms with Gasteiger partial charge in [0.1, 0.15) is 6.33 Å². The van der Waals surface area contributed by atoms with Crippen LogP contribution < -0.4 is 5.32 Å². The molecule has 1 fully saturated rings. The summed E-state index contributed by atoms with van der Waals surface area (Å²) in [5.41, 5.74) is 0.458. The van der Waals surface area contributed by atoms with Crippen LogP contribution in [-0.4, -0.2) is 25.1 Å². The summed E-state index contributed by atoms with van der Waals surface area (Å²) in [4.78, 5) is 16.8. The van der Waals surface area contributed by atoms with Crippen molar-refractivity contribution in [2.45, 2.75) is 52.0 Å². The maximum Gasteiger partial charge on any atom is 0.284 e. The molecule has 1 amide bonds. The molecule has 29 heavy (non-hydrogen) atoms. The van der Waals surface area contributed by atoms with Crippen LogP contribution in [-0.2, 0) is 0 Å². The number of imidazole rings is 1. The van der Waals surface area contributed by atoms with Crippen LogP contribution in [0.5, 0.6) is 0 Å². The molecule has 0 radical (unpaired) electrons. The Morgan fingerprint density at radius 1 is 1.21 bits per heavy atom. The van der Waals surface area contributed by atoms with Gasteiger partial charge in [-0.15, -0.1) is 0 Å². The molecule has 3 aromatic heterocycles. The minimum absolute atomic E-state index is 0.0491. The topological polar surface area (TPSA) is 64.2 Å². The summed E-state index contributed by atoms with van der Waals surface area (Å²) in [5, 5.41) is 6.72. The largest absolute Gasteiger partial charge is 0.317 e. The Kier molecular flexibility index (Phi) is 5.34. The Morgan fingerprint density at radius 3 is 2.66 bits per heavy atom. The van der Waals surface area contributed by atoms with Crippen LogP contribution >= 0.6 is 0 Å². The minimum atomic E-state index is -2.77. The number of amides is 1. The number of hydrogen-bond acceptors (Lipinski definition) is 3. The van der Waals surface area contributed by atoms with Gasteiger partial charge in [-0.05, 0) is 49.7 Å². The fourth-order valence-corrected chi connectivity index (χ4v) is 4.18. The number of pyridine rings is 1. The van der Waals surface area contributed by atoms with E-state index in [-0.39, 0.29) is 17.4 Å². The highest BCUT2D eigenvalue weighted by Gasteiger charge is 2.28. The molecule has 0 bridgehead atoms. The molecule has 4 rings (SSSR count). The number of halogens is 2. The van der Waals surface area contributed by atoms with Gasteiger partial charge in [-0.3, -0.25) is 9.48 Å². The van der Waals surface area contributed by atoms with E-state index in [9.17, 15) is 13.6 Å². The minimum Gasteiger partial charge on any atom is -0.317 e. The fourth-order valence-electron chi connectivity index (χ4n) is 4.18. The molecule has 0 aromatic carbocycles. The third-order valence-electron chi connectivity index (χ3n) is 5.93. The lowest BCUT2D eigenvalue weighted by Crippen LogP contribution is -2.21. The number of aromatic nitrogens is 4. The summed E-state index contributed by atoms with van der Waals surface area (Å²) < 4.78 is 30.5. The van der Waals surface area contributed by atoms with E-state index in [1.54, 1.807) is 27.4 Å². The van der Waals surface area contributed by atoms with Gasteiger partial charge in [0, 0.05) is 12.4 Å². The van der Waals surface area contributed by atoms with E-state index in [0.29, 0.717) is 17.4 Å². The molecule has 154 valence electrons. The highest BCUT2D eigenvalue weighted by molar-refractivity contribution is 6.07. The van der Waals surface area contributed by atoms with Crippen LogP contribution in [0.3, 0.4) is 0 Å². The second-order valence-corrected chi connectivity index (χ2v) is 8.06. The number of carbonyl (C=O) groups excluding carboxylic acids is 1. The molecule has 0 atom stereocenters. The van der Waals surface area contributed by atoms with Crippen molar-refractivity contribution < 1.29 is 13.6 Å². The van der Waals surface area contributed by atoms with Crippen LogP contribution in [0.2, 0.25) is 0 Å². The lowest BCUT2D eigenvalue weighted by atomic mass is 9.80. The summed E-state index contributed by atoms with van der Waals surface area (Å²) in [6.45, 7) is 4.45. The zero-order valence-electron chi connectivity index (χ0n) is 16.6. The van der Waals surface area contributed by atoms with Crippen molar-refractivity contribution in [2.75, 3.05) is 5.32 Å². The Labute approximate surface area is 167 Å². The molecule has 1 saturated carbocycles. The molecule has 0 spiro atoms. The lowest BCUT2D eigenvalue weighted by molar-refractivity contribution is 0.102. The monoisotopic (exact) mass is 401 g/mol. The third kappa shape index (κ3) is 3.88. The zero-order chi connectivity index (χ0) is 20.5. The van der Waals surface area contributed by atoms with Crippen LogP contribution in [0.25, 0.3) is 5.52 Å². The number of hydrogen-bond donors (Lipinski definition) is 1. The summed E-state index contributed by atoms with van der Waals surface area (Å²) in [6.07, 6.45) is 6.02.